The van der Waals surface area contributed by atoms with Gasteiger partial charge in [0.25, 0.3) is 0 Å². The number of hydrogen-bond acceptors (Lipinski definition) is 6. The summed E-state index contributed by atoms with van der Waals surface area (Å²) in [5, 5.41) is 4.62. The minimum absolute atomic E-state index is 0.736. The van der Waals surface area contributed by atoms with Crippen molar-refractivity contribution in [3.63, 3.8) is 0 Å². The van der Waals surface area contributed by atoms with Gasteiger partial charge in [0.2, 0.25) is 0 Å². The van der Waals surface area contributed by atoms with Crippen molar-refractivity contribution in [1.82, 2.24) is 14.5 Å². The van der Waals surface area contributed by atoms with Crippen molar-refractivity contribution in [2.45, 2.75) is 33.2 Å². The molecule has 30 heavy (non-hydrogen) atoms. The molecule has 1 aliphatic carbocycles. The van der Waals surface area contributed by atoms with Crippen LogP contribution >= 0.6 is 0 Å². The summed E-state index contributed by atoms with van der Waals surface area (Å²) in [6, 6.07) is 10.4. The number of imidazole rings is 1. The van der Waals surface area contributed by atoms with E-state index in [1.807, 2.05) is 13.3 Å². The molecule has 0 radical (unpaired) electrons. The van der Waals surface area contributed by atoms with E-state index in [9.17, 15) is 0 Å². The summed E-state index contributed by atoms with van der Waals surface area (Å²) in [6.45, 7) is 8.29. The molecule has 1 saturated carbocycles. The molecule has 0 amide bonds. The van der Waals surface area contributed by atoms with Gasteiger partial charge in [-0.3, -0.25) is 5.43 Å². The molecule has 2 aromatic heterocycles. The van der Waals surface area contributed by atoms with Crippen LogP contribution in [-0.2, 0) is 11.3 Å². The molecule has 2 aliphatic rings. The summed E-state index contributed by atoms with van der Waals surface area (Å²) < 4.78 is 7.74. The number of fused-ring (bicyclic) bond motifs is 1. The predicted octanol–water partition coefficient (Wildman–Crippen LogP) is 3.82. The van der Waals surface area contributed by atoms with E-state index in [-0.39, 0.29) is 0 Å². The summed E-state index contributed by atoms with van der Waals surface area (Å²) in [5.41, 5.74) is 9.45. The Kier molecular flexibility index (Phi) is 5.12. The van der Waals surface area contributed by atoms with Gasteiger partial charge in [-0.1, -0.05) is 29.8 Å². The molecule has 1 aliphatic heterocycles. The van der Waals surface area contributed by atoms with E-state index in [0.29, 0.717) is 0 Å². The smallest absolute Gasteiger partial charge is 0.164 e. The third-order valence-corrected chi connectivity index (χ3v) is 5.83. The number of nitrogens with zero attached hydrogens (tertiary/aromatic N) is 5. The van der Waals surface area contributed by atoms with E-state index in [1.54, 1.807) is 0 Å². The molecule has 3 aromatic rings. The molecule has 1 N–H and O–H groups in total. The first-order chi connectivity index (χ1) is 14.7. The first kappa shape index (κ1) is 19.1. The van der Waals surface area contributed by atoms with Crippen molar-refractivity contribution >= 4 is 28.4 Å². The first-order valence-corrected chi connectivity index (χ1v) is 10.7. The monoisotopic (exact) mass is 404 g/mol. The zero-order valence-corrected chi connectivity index (χ0v) is 17.6. The molecule has 1 aromatic carbocycles. The third-order valence-electron chi connectivity index (χ3n) is 5.83. The number of pyridine rings is 1. The summed E-state index contributed by atoms with van der Waals surface area (Å²) in [4.78, 5) is 11.9. The summed E-state index contributed by atoms with van der Waals surface area (Å²) in [7, 11) is 0. The lowest BCUT2D eigenvalue weighted by molar-refractivity contribution is 0.123. The molecular formula is C23H28N6O. The largest absolute Gasteiger partial charge is 0.378 e. The first-order valence-electron chi connectivity index (χ1n) is 10.7. The van der Waals surface area contributed by atoms with E-state index in [2.05, 4.69) is 57.2 Å². The Labute approximate surface area is 176 Å². The Morgan fingerprint density at radius 1 is 1.23 bits per heavy atom. The van der Waals surface area contributed by atoms with Crippen LogP contribution in [0.1, 0.15) is 30.9 Å². The molecule has 5 rings (SSSR count). The third kappa shape index (κ3) is 4.03. The minimum atomic E-state index is 0.736. The molecule has 7 heteroatoms. The summed E-state index contributed by atoms with van der Waals surface area (Å²) in [5.74, 6) is 1.50. The lowest BCUT2D eigenvalue weighted by atomic mass is 10.1. The molecule has 156 valence electrons. The standard InChI is InChI=1S/C23H28N6O/c1-16-4-3-5-19(12-16)17(2)26-27-21-13-20(28-8-10-30-11-9-28)22-23(25-21)29(15-24-22)14-18-6-7-18/h3-5,12-13,15,18H,6-11,14H2,1-2H3,(H,25,27)/b26-17+. The maximum absolute atomic E-state index is 5.55. The van der Waals surface area contributed by atoms with E-state index in [0.717, 1.165) is 72.7 Å². The highest BCUT2D eigenvalue weighted by Crippen LogP contribution is 2.33. The van der Waals surface area contributed by atoms with Crippen molar-refractivity contribution in [2.75, 3.05) is 36.6 Å². The zero-order chi connectivity index (χ0) is 20.5. The average Bonchev–Trinajstić information content (AvgIpc) is 3.51. The number of aryl methyl sites for hydroxylation is 1. The van der Waals surface area contributed by atoms with Crippen molar-refractivity contribution in [1.29, 1.82) is 0 Å². The SMILES string of the molecule is C/C(=N\Nc1cc(N2CCOCC2)c2ncn(CC3CC3)c2n1)c1cccc(C)c1. The number of hydrogen-bond donors (Lipinski definition) is 1. The number of morpholine rings is 1. The molecular weight excluding hydrogens is 376 g/mol. The zero-order valence-electron chi connectivity index (χ0n) is 17.6. The predicted molar refractivity (Wildman–Crippen MR) is 120 cm³/mol. The van der Waals surface area contributed by atoms with Crippen molar-refractivity contribution < 1.29 is 4.74 Å². The fourth-order valence-corrected chi connectivity index (χ4v) is 3.91. The lowest BCUT2D eigenvalue weighted by Gasteiger charge is -2.29. The van der Waals surface area contributed by atoms with Crippen LogP contribution in [0.25, 0.3) is 11.2 Å². The molecule has 1 saturated heterocycles. The molecule has 0 spiro atoms. The van der Waals surface area contributed by atoms with E-state index >= 15 is 0 Å². The van der Waals surface area contributed by atoms with E-state index < -0.39 is 0 Å². The van der Waals surface area contributed by atoms with Crippen LogP contribution in [0.5, 0.6) is 0 Å². The maximum Gasteiger partial charge on any atom is 0.164 e. The van der Waals surface area contributed by atoms with Gasteiger partial charge in [-0.2, -0.15) is 5.10 Å². The molecule has 7 nitrogen and oxygen atoms in total. The van der Waals surface area contributed by atoms with Crippen LogP contribution in [0.4, 0.5) is 11.5 Å². The minimum Gasteiger partial charge on any atom is -0.378 e. The van der Waals surface area contributed by atoms with E-state index in [1.165, 1.54) is 18.4 Å². The lowest BCUT2D eigenvalue weighted by Crippen LogP contribution is -2.36. The Hall–Kier alpha value is -2.93. The number of anilines is 2. The van der Waals surface area contributed by atoms with Crippen LogP contribution in [-0.4, -0.2) is 46.6 Å². The van der Waals surface area contributed by atoms with Crippen molar-refractivity contribution in [2.24, 2.45) is 11.0 Å². The normalized spacial score (nSPS) is 17.5. The average molecular weight is 405 g/mol. The quantitative estimate of drug-likeness (QED) is 0.500. The fourth-order valence-electron chi connectivity index (χ4n) is 3.91. The van der Waals surface area contributed by atoms with Gasteiger partial charge in [-0.25, -0.2) is 9.97 Å². The van der Waals surface area contributed by atoms with Gasteiger partial charge in [0.1, 0.15) is 5.52 Å². The maximum atomic E-state index is 5.55. The second kappa shape index (κ2) is 8.07. The van der Waals surface area contributed by atoms with Crippen LogP contribution < -0.4 is 10.3 Å². The second-order valence-electron chi connectivity index (χ2n) is 8.32. The number of benzene rings is 1. The molecule has 0 bridgehead atoms. The van der Waals surface area contributed by atoms with Crippen molar-refractivity contribution in [3.05, 3.63) is 47.8 Å². The summed E-state index contributed by atoms with van der Waals surface area (Å²) >= 11 is 0. The molecule has 3 heterocycles. The van der Waals surface area contributed by atoms with Gasteiger partial charge in [0, 0.05) is 25.7 Å². The fraction of sp³-hybridized carbons (Fsp3) is 0.435. The second-order valence-corrected chi connectivity index (χ2v) is 8.32. The number of nitrogens with one attached hydrogen (secondary N) is 1. The highest BCUT2D eigenvalue weighted by atomic mass is 16.5. The van der Waals surface area contributed by atoms with Gasteiger partial charge in [-0.15, -0.1) is 0 Å². The van der Waals surface area contributed by atoms with E-state index in [4.69, 9.17) is 14.7 Å². The summed E-state index contributed by atoms with van der Waals surface area (Å²) in [6.07, 6.45) is 4.53. The number of ether oxygens (including phenoxy) is 1. The molecule has 0 unspecified atom stereocenters. The van der Waals surface area contributed by atoms with Gasteiger partial charge >= 0.3 is 0 Å². The molecule has 0 atom stereocenters. The Balaban J connectivity index is 1.49. The van der Waals surface area contributed by atoms with Gasteiger partial charge < -0.3 is 14.2 Å². The Bertz CT molecular complexity index is 1080. The topological polar surface area (TPSA) is 67.6 Å². The van der Waals surface area contributed by atoms with Gasteiger partial charge in [-0.05, 0) is 38.2 Å². The number of hydrazone groups is 1. The number of aromatic nitrogens is 3. The number of rotatable bonds is 6. The highest BCUT2D eigenvalue weighted by Gasteiger charge is 2.24. The van der Waals surface area contributed by atoms with Crippen LogP contribution in [0.15, 0.2) is 41.8 Å². The van der Waals surface area contributed by atoms with Crippen molar-refractivity contribution in [3.8, 4) is 0 Å². The Morgan fingerprint density at radius 2 is 2.07 bits per heavy atom. The highest BCUT2D eigenvalue weighted by molar-refractivity contribution is 5.99. The van der Waals surface area contributed by atoms with Crippen LogP contribution in [0, 0.1) is 12.8 Å². The van der Waals surface area contributed by atoms with Gasteiger partial charge in [0.05, 0.1) is 30.9 Å². The van der Waals surface area contributed by atoms with Crippen LogP contribution in [0.3, 0.4) is 0 Å². The van der Waals surface area contributed by atoms with Gasteiger partial charge in [0.15, 0.2) is 11.5 Å². The Morgan fingerprint density at radius 3 is 2.83 bits per heavy atom. The van der Waals surface area contributed by atoms with Crippen LogP contribution in [0.2, 0.25) is 0 Å². The molecule has 2 fully saturated rings.